The molecule has 1 aliphatic rings. The molecular weight excluding hydrogens is 332 g/mol. The van der Waals surface area contributed by atoms with Crippen LogP contribution in [0.15, 0.2) is 30.6 Å². The molecule has 1 aromatic carbocycles. The summed E-state index contributed by atoms with van der Waals surface area (Å²) < 4.78 is 37.4. The monoisotopic (exact) mass is 349 g/mol. The van der Waals surface area contributed by atoms with Gasteiger partial charge < -0.3 is 14.4 Å². The Morgan fingerprint density at radius 1 is 1.28 bits per heavy atom. The van der Waals surface area contributed by atoms with E-state index in [1.807, 2.05) is 0 Å². The normalized spacial score (nSPS) is 16.8. The van der Waals surface area contributed by atoms with E-state index in [0.717, 1.165) is 12.1 Å². The molecular formula is C17H17F2N3O3. The van der Waals surface area contributed by atoms with Gasteiger partial charge >= 0.3 is 0 Å². The minimum Gasteiger partial charge on any atom is -0.477 e. The summed E-state index contributed by atoms with van der Waals surface area (Å²) >= 11 is 0. The van der Waals surface area contributed by atoms with Crippen LogP contribution in [0.2, 0.25) is 0 Å². The molecule has 1 amide bonds. The van der Waals surface area contributed by atoms with Crippen molar-refractivity contribution >= 4 is 5.91 Å². The lowest BCUT2D eigenvalue weighted by Crippen LogP contribution is -2.32. The Kier molecular flexibility index (Phi) is 5.06. The molecule has 0 spiro atoms. The molecule has 0 aliphatic carbocycles. The third-order valence-corrected chi connectivity index (χ3v) is 3.96. The van der Waals surface area contributed by atoms with Crippen LogP contribution in [0.5, 0.6) is 11.8 Å². The highest BCUT2D eigenvalue weighted by molar-refractivity contribution is 5.79. The summed E-state index contributed by atoms with van der Waals surface area (Å²) in [6.07, 6.45) is 3.25. The van der Waals surface area contributed by atoms with Crippen LogP contribution in [0.3, 0.4) is 0 Å². The smallest absolute Gasteiger partial charge is 0.278 e. The van der Waals surface area contributed by atoms with Gasteiger partial charge in [0.25, 0.3) is 11.8 Å². The number of carbonyl (C=O) groups is 1. The highest BCUT2D eigenvalue weighted by atomic mass is 19.1. The third kappa shape index (κ3) is 4.01. The minimum absolute atomic E-state index is 0.118. The van der Waals surface area contributed by atoms with Crippen molar-refractivity contribution in [2.45, 2.75) is 18.9 Å². The van der Waals surface area contributed by atoms with E-state index >= 15 is 0 Å². The van der Waals surface area contributed by atoms with E-state index in [2.05, 4.69) is 9.97 Å². The lowest BCUT2D eigenvalue weighted by Gasteiger charge is -2.17. The Morgan fingerprint density at radius 3 is 2.76 bits per heavy atom. The molecule has 2 heterocycles. The molecule has 0 unspecified atom stereocenters. The summed E-state index contributed by atoms with van der Waals surface area (Å²) in [4.78, 5) is 22.0. The second-order valence-electron chi connectivity index (χ2n) is 5.65. The molecule has 0 radical (unpaired) electrons. The lowest BCUT2D eigenvalue weighted by molar-refractivity contribution is -0.129. The van der Waals surface area contributed by atoms with Crippen LogP contribution < -0.4 is 9.47 Å². The first-order valence-corrected chi connectivity index (χ1v) is 7.80. The van der Waals surface area contributed by atoms with Crippen molar-refractivity contribution in [1.29, 1.82) is 0 Å². The quantitative estimate of drug-likeness (QED) is 0.826. The second-order valence-corrected chi connectivity index (χ2v) is 5.65. The fraction of sp³-hybridized carbons (Fsp3) is 0.353. The maximum Gasteiger partial charge on any atom is 0.278 e. The van der Waals surface area contributed by atoms with E-state index in [1.54, 1.807) is 4.90 Å². The van der Waals surface area contributed by atoms with Gasteiger partial charge in [-0.2, -0.15) is 0 Å². The van der Waals surface area contributed by atoms with Crippen LogP contribution in [-0.2, 0) is 11.2 Å². The molecule has 1 atom stereocenters. The predicted octanol–water partition coefficient (Wildman–Crippen LogP) is 1.99. The molecule has 25 heavy (non-hydrogen) atoms. The second kappa shape index (κ2) is 7.42. The number of hydrogen-bond acceptors (Lipinski definition) is 5. The maximum atomic E-state index is 13.7. The van der Waals surface area contributed by atoms with Gasteiger partial charge in [-0.1, -0.05) is 6.07 Å². The van der Waals surface area contributed by atoms with Gasteiger partial charge in [0.1, 0.15) is 17.7 Å². The molecule has 6 nitrogen and oxygen atoms in total. The number of nitrogens with zero attached hydrogens (tertiary/aromatic N) is 3. The maximum absolute atomic E-state index is 13.7. The summed E-state index contributed by atoms with van der Waals surface area (Å²) in [5.74, 6) is -1.07. The first kappa shape index (κ1) is 17.1. The number of aromatic nitrogens is 2. The first-order valence-electron chi connectivity index (χ1n) is 7.80. The van der Waals surface area contributed by atoms with Crippen molar-refractivity contribution in [3.8, 4) is 11.8 Å². The number of methoxy groups -OCH3 is 1. The van der Waals surface area contributed by atoms with Crippen molar-refractivity contribution < 1.29 is 23.0 Å². The highest BCUT2D eigenvalue weighted by Crippen LogP contribution is 2.24. The summed E-state index contributed by atoms with van der Waals surface area (Å²) in [5, 5.41) is 0. The van der Waals surface area contributed by atoms with E-state index in [9.17, 15) is 13.6 Å². The van der Waals surface area contributed by atoms with Crippen molar-refractivity contribution in [2.75, 3.05) is 20.2 Å². The van der Waals surface area contributed by atoms with Gasteiger partial charge in [-0.05, 0) is 11.6 Å². The summed E-state index contributed by atoms with van der Waals surface area (Å²) in [6, 6.07) is 3.21. The molecule has 3 rings (SSSR count). The van der Waals surface area contributed by atoms with Gasteiger partial charge in [-0.3, -0.25) is 4.79 Å². The van der Waals surface area contributed by atoms with Crippen LogP contribution in [-0.4, -0.2) is 47.1 Å². The third-order valence-electron chi connectivity index (χ3n) is 3.96. The topological polar surface area (TPSA) is 64.6 Å². The van der Waals surface area contributed by atoms with E-state index in [-0.39, 0.29) is 35.8 Å². The Labute approximate surface area is 143 Å². The van der Waals surface area contributed by atoms with Gasteiger partial charge in [0, 0.05) is 31.4 Å². The van der Waals surface area contributed by atoms with Crippen molar-refractivity contribution in [3.63, 3.8) is 0 Å². The highest BCUT2D eigenvalue weighted by Gasteiger charge is 2.29. The van der Waals surface area contributed by atoms with Gasteiger partial charge in [0.2, 0.25) is 5.91 Å². The molecule has 1 aliphatic heterocycles. The number of amides is 1. The number of hydrogen-bond donors (Lipinski definition) is 0. The number of ether oxygens (including phenoxy) is 2. The van der Waals surface area contributed by atoms with Crippen LogP contribution in [0.25, 0.3) is 0 Å². The molecule has 0 bridgehead atoms. The first-order chi connectivity index (χ1) is 12.1. The zero-order valence-electron chi connectivity index (χ0n) is 13.6. The summed E-state index contributed by atoms with van der Waals surface area (Å²) in [5.41, 5.74) is 0.173. The van der Waals surface area contributed by atoms with E-state index in [1.165, 1.54) is 25.6 Å². The summed E-state index contributed by atoms with van der Waals surface area (Å²) in [6.45, 7) is 0.857. The van der Waals surface area contributed by atoms with Crippen LogP contribution in [0.4, 0.5) is 8.78 Å². The van der Waals surface area contributed by atoms with Crippen molar-refractivity contribution in [3.05, 3.63) is 47.8 Å². The number of carbonyl (C=O) groups excluding carboxylic acids is 1. The Hall–Kier alpha value is -2.77. The predicted molar refractivity (Wildman–Crippen MR) is 84.3 cm³/mol. The largest absolute Gasteiger partial charge is 0.477 e. The fourth-order valence-corrected chi connectivity index (χ4v) is 2.68. The SMILES string of the molecule is COc1nccnc1O[C@H]1CCN(C(=O)Cc2ccc(F)cc2F)C1. The fourth-order valence-electron chi connectivity index (χ4n) is 2.68. The Balaban J connectivity index is 1.59. The average molecular weight is 349 g/mol. The van der Waals surface area contributed by atoms with Crippen molar-refractivity contribution in [2.24, 2.45) is 0 Å². The molecule has 2 aromatic rings. The van der Waals surface area contributed by atoms with Gasteiger partial charge in [0.15, 0.2) is 0 Å². The van der Waals surface area contributed by atoms with E-state index in [4.69, 9.17) is 9.47 Å². The molecule has 1 aromatic heterocycles. The van der Waals surface area contributed by atoms with Crippen LogP contribution in [0, 0.1) is 11.6 Å². The zero-order valence-corrected chi connectivity index (χ0v) is 13.6. The van der Waals surface area contributed by atoms with Crippen LogP contribution in [0.1, 0.15) is 12.0 Å². The zero-order chi connectivity index (χ0) is 17.8. The molecule has 0 saturated carbocycles. The number of likely N-dealkylation sites (tertiary alicyclic amines) is 1. The molecule has 8 heteroatoms. The molecule has 1 fully saturated rings. The number of benzene rings is 1. The molecule has 132 valence electrons. The van der Waals surface area contributed by atoms with Crippen LogP contribution >= 0.6 is 0 Å². The van der Waals surface area contributed by atoms with Gasteiger partial charge in [0.05, 0.1) is 20.1 Å². The standard InChI is InChI=1S/C17H17F2N3O3/c1-24-16-17(21-6-5-20-16)25-13-4-7-22(10-13)15(23)8-11-2-3-12(18)9-14(11)19/h2-3,5-6,9,13H,4,7-8,10H2,1H3/t13-/m0/s1. The Bertz CT molecular complexity index is 773. The van der Waals surface area contributed by atoms with E-state index < -0.39 is 11.6 Å². The van der Waals surface area contributed by atoms with E-state index in [0.29, 0.717) is 19.5 Å². The lowest BCUT2D eigenvalue weighted by atomic mass is 10.1. The number of rotatable bonds is 5. The van der Waals surface area contributed by atoms with Gasteiger partial charge in [-0.15, -0.1) is 0 Å². The summed E-state index contributed by atoms with van der Waals surface area (Å²) in [7, 11) is 1.47. The molecule has 1 saturated heterocycles. The van der Waals surface area contributed by atoms with Gasteiger partial charge in [-0.25, -0.2) is 18.7 Å². The molecule has 0 N–H and O–H groups in total. The number of halogens is 2. The van der Waals surface area contributed by atoms with Crippen molar-refractivity contribution in [1.82, 2.24) is 14.9 Å². The Morgan fingerprint density at radius 2 is 2.04 bits per heavy atom. The average Bonchev–Trinajstić information content (AvgIpc) is 3.06. The minimum atomic E-state index is -0.718.